The Hall–Kier alpha value is -0.671. The Morgan fingerprint density at radius 2 is 1.28 bits per heavy atom. The number of hydrogen-bond acceptors (Lipinski definition) is 10. The fraction of sp³-hybridized carbons (Fsp3) is 0.682. The molecule has 1 aliphatic rings. The standard InChI is InChI=1S/C20H34N6O4.CH4O.CH4.Mn.Na.H2O/c1-24-9-11-25(17(5-7-21)19(27)28)13-15-3-2-4-16(23-15)14-26(12-10-24)18(6-8-22)20(29)30;1-2;;;;/h2-4,17-18H,5-14,21-22H2,1H3,(H,27,28)(H,29,30);2H,1H3;1H4;;;1H2/q;;;;+1;/p-1. The van der Waals surface area contributed by atoms with Gasteiger partial charge < -0.3 is 37.2 Å². The van der Waals surface area contributed by atoms with Crippen molar-refractivity contribution in [2.24, 2.45) is 11.5 Å². The van der Waals surface area contributed by atoms with Gasteiger partial charge in [-0.15, -0.1) is 0 Å². The predicted octanol–water partition coefficient (Wildman–Crippen LogP) is -3.70. The third-order valence-corrected chi connectivity index (χ3v) is 5.46. The molecule has 0 amide bonds. The molecule has 205 valence electrons. The second-order valence-electron chi connectivity index (χ2n) is 7.73. The Balaban J connectivity index is -0.000000831. The molecule has 1 radical (unpaired) electrons. The quantitative estimate of drug-likeness (QED) is 0.194. The van der Waals surface area contributed by atoms with Gasteiger partial charge >= 0.3 is 41.5 Å². The number of carboxylic acids is 2. The van der Waals surface area contributed by atoms with E-state index >= 15 is 0 Å². The summed E-state index contributed by atoms with van der Waals surface area (Å²) in [4.78, 5) is 34.2. The average Bonchev–Trinajstić information content (AvgIpc) is 2.77. The number of fused-ring (bicyclic) bond motifs is 2. The molecule has 0 aliphatic carbocycles. The zero-order valence-corrected chi connectivity index (χ0v) is 24.1. The van der Waals surface area contributed by atoms with Crippen LogP contribution in [0.1, 0.15) is 31.7 Å². The normalized spacial score (nSPS) is 16.4. The maximum absolute atomic E-state index is 11.8. The Labute approximate surface area is 247 Å². The molecule has 36 heavy (non-hydrogen) atoms. The molecular weight excluding hydrogens is 522 g/mol. The van der Waals surface area contributed by atoms with Crippen LogP contribution < -0.4 is 41.0 Å². The fourth-order valence-corrected chi connectivity index (χ4v) is 3.76. The van der Waals surface area contributed by atoms with E-state index in [0.717, 1.165) is 18.5 Å². The molecule has 0 aromatic carbocycles. The van der Waals surface area contributed by atoms with E-state index in [1.807, 2.05) is 35.0 Å². The average molecular weight is 566 g/mol. The molecule has 12 nitrogen and oxygen atoms in total. The summed E-state index contributed by atoms with van der Waals surface area (Å²) in [6, 6.07) is 4.27. The summed E-state index contributed by atoms with van der Waals surface area (Å²) in [6.07, 6.45) is 0.734. The van der Waals surface area contributed by atoms with Crippen molar-refractivity contribution in [3.05, 3.63) is 29.6 Å². The minimum Gasteiger partial charge on any atom is -0.870 e. The van der Waals surface area contributed by atoms with Crippen LogP contribution in [-0.4, -0.2) is 118 Å². The van der Waals surface area contributed by atoms with Crippen molar-refractivity contribution in [1.82, 2.24) is 19.7 Å². The Kier molecular flexibility index (Phi) is 27.6. The van der Waals surface area contributed by atoms with Crippen LogP contribution in [-0.2, 0) is 39.7 Å². The molecule has 2 heterocycles. The van der Waals surface area contributed by atoms with Gasteiger partial charge in [-0.25, -0.2) is 0 Å². The molecule has 2 atom stereocenters. The second-order valence-corrected chi connectivity index (χ2v) is 7.73. The molecule has 2 unspecified atom stereocenters. The van der Waals surface area contributed by atoms with Crippen molar-refractivity contribution >= 4 is 11.9 Å². The van der Waals surface area contributed by atoms with E-state index in [4.69, 9.17) is 16.6 Å². The molecule has 2 rings (SSSR count). The van der Waals surface area contributed by atoms with E-state index in [1.165, 1.54) is 0 Å². The van der Waals surface area contributed by atoms with E-state index in [0.29, 0.717) is 65.2 Å². The van der Waals surface area contributed by atoms with Crippen molar-refractivity contribution < 1.29 is 77.0 Å². The Morgan fingerprint density at radius 1 is 0.917 bits per heavy atom. The summed E-state index contributed by atoms with van der Waals surface area (Å²) in [5.74, 6) is -1.77. The summed E-state index contributed by atoms with van der Waals surface area (Å²) in [5.41, 5.74) is 12.8. The van der Waals surface area contributed by atoms with Crippen LogP contribution in [0.3, 0.4) is 0 Å². The van der Waals surface area contributed by atoms with Gasteiger partial charge in [0.15, 0.2) is 0 Å². The first-order chi connectivity index (χ1) is 15.3. The van der Waals surface area contributed by atoms with E-state index in [2.05, 4.69) is 9.88 Å². The minimum atomic E-state index is -0.886. The van der Waals surface area contributed by atoms with Gasteiger partial charge in [0.2, 0.25) is 0 Å². The maximum atomic E-state index is 11.8. The second kappa shape index (κ2) is 23.4. The van der Waals surface area contributed by atoms with Gasteiger partial charge in [0.25, 0.3) is 0 Å². The van der Waals surface area contributed by atoms with Crippen LogP contribution in [0.2, 0.25) is 0 Å². The number of nitrogens with two attached hydrogens (primary N) is 2. The number of aliphatic hydroxyl groups excluding tert-OH is 1. The number of hydrogen-bond donors (Lipinski definition) is 5. The first-order valence-electron chi connectivity index (χ1n) is 10.8. The minimum absolute atomic E-state index is 0. The molecule has 0 saturated heterocycles. The van der Waals surface area contributed by atoms with E-state index in [1.54, 1.807) is 0 Å². The smallest absolute Gasteiger partial charge is 0.870 e. The number of carbonyl (C=O) groups is 2. The molecule has 8 N–H and O–H groups in total. The van der Waals surface area contributed by atoms with Gasteiger partial charge in [-0.05, 0) is 45.1 Å². The van der Waals surface area contributed by atoms with E-state index in [-0.39, 0.29) is 59.5 Å². The molecule has 1 aromatic rings. The molecule has 1 aromatic heterocycles. The zero-order valence-electron chi connectivity index (χ0n) is 20.9. The SMILES string of the molecule is C.CN1CCN(C(CCN)C(=O)O)Cc2cccc(n2)CN(C(CCN)C(=O)O)CC1.CO.[Mn].[Na+].[OH-]. The molecule has 2 bridgehead atoms. The third kappa shape index (κ3) is 14.3. The largest absolute Gasteiger partial charge is 1.00 e. The van der Waals surface area contributed by atoms with Crippen LogP contribution in [0.5, 0.6) is 0 Å². The van der Waals surface area contributed by atoms with Crippen molar-refractivity contribution in [2.75, 3.05) is 53.4 Å². The fourth-order valence-electron chi connectivity index (χ4n) is 3.76. The number of likely N-dealkylation sites (N-methyl/N-ethyl adjacent to an activating group) is 1. The van der Waals surface area contributed by atoms with E-state index in [9.17, 15) is 19.8 Å². The van der Waals surface area contributed by atoms with Gasteiger partial charge in [0.05, 0.1) is 11.4 Å². The number of carboxylic acid groups (broad SMARTS) is 2. The number of nitrogens with zero attached hydrogens (tertiary/aromatic N) is 4. The summed E-state index contributed by atoms with van der Waals surface area (Å²) in [5, 5.41) is 26.4. The molecular formula is C22H43MnN6NaO6. The monoisotopic (exact) mass is 565 g/mol. The van der Waals surface area contributed by atoms with Gasteiger partial charge in [0.1, 0.15) is 12.1 Å². The Morgan fingerprint density at radius 3 is 1.58 bits per heavy atom. The third-order valence-electron chi connectivity index (χ3n) is 5.46. The molecule has 14 heteroatoms. The van der Waals surface area contributed by atoms with Crippen LogP contribution in [0.15, 0.2) is 18.2 Å². The number of pyridine rings is 1. The number of aliphatic carboxylic acids is 2. The number of aliphatic hydroxyl groups is 1. The summed E-state index contributed by atoms with van der Waals surface area (Å²) in [7, 11) is 2.96. The van der Waals surface area contributed by atoms with Crippen molar-refractivity contribution in [3.63, 3.8) is 0 Å². The molecule has 0 saturated carbocycles. The van der Waals surface area contributed by atoms with Crippen LogP contribution in [0.4, 0.5) is 0 Å². The first kappa shape index (κ1) is 42.4. The number of rotatable bonds is 8. The van der Waals surface area contributed by atoms with Crippen molar-refractivity contribution in [2.45, 2.75) is 45.4 Å². The van der Waals surface area contributed by atoms with Crippen molar-refractivity contribution in [1.29, 1.82) is 0 Å². The first-order valence-corrected chi connectivity index (χ1v) is 10.8. The molecule has 0 spiro atoms. The van der Waals surface area contributed by atoms with Gasteiger partial charge in [0, 0.05) is 63.4 Å². The van der Waals surface area contributed by atoms with Crippen molar-refractivity contribution in [3.8, 4) is 0 Å². The summed E-state index contributed by atoms with van der Waals surface area (Å²) < 4.78 is 0. The topological polar surface area (TPSA) is 199 Å². The molecule has 0 fully saturated rings. The van der Waals surface area contributed by atoms with Crippen LogP contribution in [0.25, 0.3) is 0 Å². The molecule has 1 aliphatic heterocycles. The van der Waals surface area contributed by atoms with Gasteiger partial charge in [-0.1, -0.05) is 13.5 Å². The van der Waals surface area contributed by atoms with Gasteiger partial charge in [-0.3, -0.25) is 24.4 Å². The van der Waals surface area contributed by atoms with Crippen LogP contribution >= 0.6 is 0 Å². The van der Waals surface area contributed by atoms with E-state index < -0.39 is 24.0 Å². The number of aromatic nitrogens is 1. The summed E-state index contributed by atoms with van der Waals surface area (Å²) >= 11 is 0. The Bertz CT molecular complexity index is 670. The summed E-state index contributed by atoms with van der Waals surface area (Å²) in [6.45, 7) is 3.77. The van der Waals surface area contributed by atoms with Crippen LogP contribution in [0, 0.1) is 0 Å². The predicted molar refractivity (Wildman–Crippen MR) is 130 cm³/mol. The zero-order chi connectivity index (χ0) is 24.1. The van der Waals surface area contributed by atoms with Gasteiger partial charge in [-0.2, -0.15) is 0 Å². The maximum Gasteiger partial charge on any atom is 1.00 e.